The lowest BCUT2D eigenvalue weighted by atomic mass is 9.95. The molecule has 2 bridgehead atoms. The minimum Gasteiger partial charge on any atom is -0.327 e. The second-order valence-electron chi connectivity index (χ2n) is 9.36. The molecule has 1 aromatic heterocycles. The van der Waals surface area contributed by atoms with Gasteiger partial charge in [-0.15, -0.1) is 0 Å². The smallest absolute Gasteiger partial charge is 0.234 e. The third-order valence-electron chi connectivity index (χ3n) is 7.31. The highest BCUT2D eigenvalue weighted by molar-refractivity contribution is 5.86. The number of benzene rings is 1. The lowest BCUT2D eigenvalue weighted by molar-refractivity contribution is -0.130. The Labute approximate surface area is 182 Å². The highest BCUT2D eigenvalue weighted by Crippen LogP contribution is 2.29. The van der Waals surface area contributed by atoms with Crippen molar-refractivity contribution < 1.29 is 4.79 Å². The topological polar surface area (TPSA) is 93.4 Å². The number of amides is 1. The van der Waals surface area contributed by atoms with Crippen LogP contribution in [0.4, 0.5) is 0 Å². The first-order valence-electron chi connectivity index (χ1n) is 11.6. The lowest BCUT2D eigenvalue weighted by Crippen LogP contribution is -2.72. The van der Waals surface area contributed by atoms with Crippen LogP contribution in [0.5, 0.6) is 0 Å². The molecule has 5 heterocycles. The lowest BCUT2D eigenvalue weighted by Gasteiger charge is -2.45. The van der Waals surface area contributed by atoms with Gasteiger partial charge in [0.2, 0.25) is 5.91 Å². The van der Waals surface area contributed by atoms with E-state index in [-0.39, 0.29) is 24.3 Å². The van der Waals surface area contributed by atoms with Gasteiger partial charge in [-0.05, 0) is 37.9 Å². The number of carbonyl (C=O) groups excluding carboxylic acids is 1. The molecule has 6 atom stereocenters. The number of rotatable bonds is 4. The number of hydrogen-bond acceptors (Lipinski definition) is 7. The zero-order valence-corrected chi connectivity index (χ0v) is 17.7. The van der Waals surface area contributed by atoms with E-state index in [0.717, 1.165) is 62.0 Å². The van der Waals surface area contributed by atoms with E-state index in [1.807, 2.05) is 24.3 Å². The maximum absolute atomic E-state index is 13.5. The summed E-state index contributed by atoms with van der Waals surface area (Å²) in [6, 6.07) is 13.5. The van der Waals surface area contributed by atoms with Gasteiger partial charge in [-0.1, -0.05) is 24.3 Å². The molecule has 4 saturated heterocycles. The molecule has 4 aliphatic rings. The van der Waals surface area contributed by atoms with Crippen LogP contribution in [-0.2, 0) is 4.79 Å². The Kier molecular flexibility index (Phi) is 5.12. The quantitative estimate of drug-likeness (QED) is 0.476. The minimum absolute atomic E-state index is 0.0449. The molecule has 0 spiro atoms. The van der Waals surface area contributed by atoms with E-state index < -0.39 is 0 Å². The summed E-state index contributed by atoms with van der Waals surface area (Å²) in [5, 5.41) is 18.9. The van der Waals surface area contributed by atoms with Crippen molar-refractivity contribution in [2.24, 2.45) is 0 Å². The third kappa shape index (κ3) is 3.72. The van der Waals surface area contributed by atoms with Crippen molar-refractivity contribution >= 4 is 16.8 Å². The number of para-hydroxylation sites is 1. The van der Waals surface area contributed by atoms with Crippen LogP contribution in [0.25, 0.3) is 10.9 Å². The predicted molar refractivity (Wildman–Crippen MR) is 119 cm³/mol. The average Bonchev–Trinajstić information content (AvgIpc) is 3.43. The number of nitrogens with one attached hydrogen (secondary N) is 5. The Bertz CT molecular complexity index is 962. The van der Waals surface area contributed by atoms with Gasteiger partial charge in [-0.3, -0.25) is 25.3 Å². The maximum atomic E-state index is 13.5. The number of likely N-dealkylation sites (tertiary alicyclic amines) is 1. The second-order valence-corrected chi connectivity index (χ2v) is 9.36. The molecule has 6 rings (SSSR count). The number of piperidine rings is 1. The normalized spacial score (nSPS) is 36.1. The Morgan fingerprint density at radius 3 is 2.87 bits per heavy atom. The average molecular weight is 422 g/mol. The van der Waals surface area contributed by atoms with E-state index in [4.69, 9.17) is 4.98 Å². The van der Waals surface area contributed by atoms with Gasteiger partial charge in [-0.2, -0.15) is 0 Å². The summed E-state index contributed by atoms with van der Waals surface area (Å²) in [5.74, 6) is -0.329. The molecular formula is C23H31N7O. The third-order valence-corrected chi connectivity index (χ3v) is 7.31. The van der Waals surface area contributed by atoms with Gasteiger partial charge in [0.25, 0.3) is 0 Å². The van der Waals surface area contributed by atoms with Gasteiger partial charge >= 0.3 is 0 Å². The Morgan fingerprint density at radius 2 is 2.06 bits per heavy atom. The molecule has 8 nitrogen and oxygen atoms in total. The zero-order chi connectivity index (χ0) is 20.8. The number of aromatic nitrogens is 1. The van der Waals surface area contributed by atoms with Crippen molar-refractivity contribution in [2.75, 3.05) is 26.2 Å². The number of hydrogen-bond donors (Lipinski definition) is 5. The molecule has 5 N–H and O–H groups in total. The zero-order valence-electron chi connectivity index (χ0n) is 17.7. The highest BCUT2D eigenvalue weighted by atomic mass is 16.2. The van der Waals surface area contributed by atoms with Crippen LogP contribution < -0.4 is 26.6 Å². The molecule has 0 radical (unpaired) electrons. The molecule has 1 aromatic carbocycles. The summed E-state index contributed by atoms with van der Waals surface area (Å²) in [6.07, 6.45) is 3.13. The summed E-state index contributed by atoms with van der Waals surface area (Å²) in [6.45, 7) is 3.97. The maximum Gasteiger partial charge on any atom is 0.234 e. The SMILES string of the molecule is O=C1NC(N2CC3CC2CN3)NC(N[C@@H]2CCCNC2)C1c1ccc2ccccc2n1. The molecular weight excluding hydrogens is 390 g/mol. The molecule has 4 aliphatic heterocycles. The Balaban J connectivity index is 1.29. The van der Waals surface area contributed by atoms with E-state index in [1.54, 1.807) is 0 Å². The molecule has 2 aromatic rings. The first-order valence-corrected chi connectivity index (χ1v) is 11.6. The monoisotopic (exact) mass is 421 g/mol. The number of piperazine rings is 1. The minimum atomic E-state index is -0.374. The fourth-order valence-corrected chi connectivity index (χ4v) is 5.72. The summed E-state index contributed by atoms with van der Waals surface area (Å²) in [5.41, 5.74) is 1.74. The Morgan fingerprint density at radius 1 is 1.13 bits per heavy atom. The van der Waals surface area contributed by atoms with Crippen LogP contribution in [0, 0.1) is 0 Å². The van der Waals surface area contributed by atoms with Gasteiger partial charge in [0.15, 0.2) is 0 Å². The number of carbonyl (C=O) groups is 1. The first-order chi connectivity index (χ1) is 15.2. The van der Waals surface area contributed by atoms with E-state index in [2.05, 4.69) is 43.6 Å². The largest absolute Gasteiger partial charge is 0.327 e. The van der Waals surface area contributed by atoms with Crippen molar-refractivity contribution in [3.05, 3.63) is 42.1 Å². The van der Waals surface area contributed by atoms with Crippen LogP contribution in [0.2, 0.25) is 0 Å². The number of pyridine rings is 1. The predicted octanol–water partition coefficient (Wildman–Crippen LogP) is 0.0352. The van der Waals surface area contributed by atoms with E-state index in [0.29, 0.717) is 18.1 Å². The first kappa shape index (κ1) is 19.6. The molecule has 0 saturated carbocycles. The summed E-state index contributed by atoms with van der Waals surface area (Å²) in [4.78, 5) is 20.8. The van der Waals surface area contributed by atoms with Crippen molar-refractivity contribution in [1.82, 2.24) is 36.5 Å². The molecule has 31 heavy (non-hydrogen) atoms. The van der Waals surface area contributed by atoms with Crippen LogP contribution in [0.3, 0.4) is 0 Å². The fraction of sp³-hybridized carbons (Fsp3) is 0.565. The summed E-state index contributed by atoms with van der Waals surface area (Å²) < 4.78 is 0. The van der Waals surface area contributed by atoms with E-state index >= 15 is 0 Å². The summed E-state index contributed by atoms with van der Waals surface area (Å²) >= 11 is 0. The molecule has 0 aliphatic carbocycles. The molecule has 8 heteroatoms. The van der Waals surface area contributed by atoms with E-state index in [1.165, 1.54) is 0 Å². The molecule has 5 unspecified atom stereocenters. The molecule has 1 amide bonds. The van der Waals surface area contributed by atoms with Gasteiger partial charge in [-0.25, -0.2) is 0 Å². The highest BCUT2D eigenvalue weighted by Gasteiger charge is 2.46. The standard InChI is InChI=1S/C23H31N7O/c31-22-20(19-8-7-14-4-1-2-6-18(14)27-19)21(26-15-5-3-9-24-11-15)28-23(29-22)30-13-16-10-17(30)12-25-16/h1-2,4,6-8,15-17,20-21,23-26,28H,3,5,9-13H2,(H,29,31)/t15-,16?,17?,20?,21?,23?/m1/s1. The molecule has 164 valence electrons. The van der Waals surface area contributed by atoms with Gasteiger partial charge in [0, 0.05) is 43.1 Å². The number of fused-ring (bicyclic) bond motifs is 3. The van der Waals surface area contributed by atoms with Crippen LogP contribution in [0.1, 0.15) is 30.9 Å². The van der Waals surface area contributed by atoms with Gasteiger partial charge in [0.05, 0.1) is 17.4 Å². The molecule has 4 fully saturated rings. The van der Waals surface area contributed by atoms with Crippen LogP contribution >= 0.6 is 0 Å². The van der Waals surface area contributed by atoms with E-state index in [9.17, 15) is 4.79 Å². The second kappa shape index (κ2) is 8.11. The Hall–Kier alpha value is -2.10. The number of nitrogens with zero attached hydrogens (tertiary/aromatic N) is 2. The van der Waals surface area contributed by atoms with Crippen LogP contribution in [-0.4, -0.2) is 72.6 Å². The van der Waals surface area contributed by atoms with Gasteiger partial charge < -0.3 is 16.0 Å². The van der Waals surface area contributed by atoms with Crippen molar-refractivity contribution in [3.63, 3.8) is 0 Å². The van der Waals surface area contributed by atoms with Crippen molar-refractivity contribution in [1.29, 1.82) is 0 Å². The fourth-order valence-electron chi connectivity index (χ4n) is 5.72. The van der Waals surface area contributed by atoms with Crippen LogP contribution in [0.15, 0.2) is 36.4 Å². The summed E-state index contributed by atoms with van der Waals surface area (Å²) in [7, 11) is 0. The van der Waals surface area contributed by atoms with Crippen molar-refractivity contribution in [2.45, 2.75) is 55.8 Å². The van der Waals surface area contributed by atoms with Crippen molar-refractivity contribution in [3.8, 4) is 0 Å². The van der Waals surface area contributed by atoms with Gasteiger partial charge in [0.1, 0.15) is 12.2 Å².